The van der Waals surface area contributed by atoms with Gasteiger partial charge >= 0.3 is 5.97 Å². The zero-order valence-electron chi connectivity index (χ0n) is 9.17. The van der Waals surface area contributed by atoms with E-state index in [9.17, 15) is 14.4 Å². The molecule has 15 heavy (non-hydrogen) atoms. The molecule has 1 aliphatic carbocycles. The average molecular weight is 212 g/mol. The summed E-state index contributed by atoms with van der Waals surface area (Å²) >= 11 is 0. The quantitative estimate of drug-likeness (QED) is 0.522. The average Bonchev–Trinajstić information content (AvgIpc) is 2.18. The van der Waals surface area contributed by atoms with E-state index in [1.807, 2.05) is 0 Å². The van der Waals surface area contributed by atoms with E-state index >= 15 is 0 Å². The zero-order chi connectivity index (χ0) is 11.5. The van der Waals surface area contributed by atoms with E-state index in [-0.39, 0.29) is 18.2 Å². The van der Waals surface area contributed by atoms with Crippen LogP contribution in [0.1, 0.15) is 39.5 Å². The Hall–Kier alpha value is -1.19. The molecule has 1 saturated carbocycles. The maximum Gasteiger partial charge on any atom is 0.327 e. The van der Waals surface area contributed by atoms with Crippen molar-refractivity contribution in [1.82, 2.24) is 0 Å². The van der Waals surface area contributed by atoms with Gasteiger partial charge in [-0.3, -0.25) is 14.4 Å². The van der Waals surface area contributed by atoms with Gasteiger partial charge in [0, 0.05) is 6.42 Å². The lowest BCUT2D eigenvalue weighted by Crippen LogP contribution is -2.48. The van der Waals surface area contributed by atoms with Crippen LogP contribution in [-0.4, -0.2) is 24.1 Å². The number of Topliss-reactive ketones (excluding diaryl/α,β-unsaturated/α-hetero) is 2. The lowest BCUT2D eigenvalue weighted by atomic mass is 9.70. The second-order valence-corrected chi connectivity index (χ2v) is 3.81. The summed E-state index contributed by atoms with van der Waals surface area (Å²) in [5, 5.41) is 0. The van der Waals surface area contributed by atoms with Gasteiger partial charge < -0.3 is 4.74 Å². The van der Waals surface area contributed by atoms with Crippen molar-refractivity contribution < 1.29 is 19.1 Å². The molecule has 1 rings (SSSR count). The molecule has 1 atom stereocenters. The fraction of sp³-hybridized carbons (Fsp3) is 0.727. The minimum atomic E-state index is -1.49. The largest absolute Gasteiger partial charge is 0.465 e. The molecule has 0 bridgehead atoms. The van der Waals surface area contributed by atoms with Crippen LogP contribution >= 0.6 is 0 Å². The van der Waals surface area contributed by atoms with Gasteiger partial charge in [0.05, 0.1) is 6.61 Å². The van der Waals surface area contributed by atoms with Crippen LogP contribution in [0.5, 0.6) is 0 Å². The van der Waals surface area contributed by atoms with Crippen molar-refractivity contribution in [2.24, 2.45) is 5.41 Å². The van der Waals surface area contributed by atoms with Crippen molar-refractivity contribution in [2.75, 3.05) is 6.61 Å². The second-order valence-electron chi connectivity index (χ2n) is 3.81. The van der Waals surface area contributed by atoms with Crippen molar-refractivity contribution in [1.29, 1.82) is 0 Å². The molecule has 0 heterocycles. The molecule has 84 valence electrons. The van der Waals surface area contributed by atoms with E-state index in [1.54, 1.807) is 6.92 Å². The normalized spacial score (nSPS) is 26.1. The van der Waals surface area contributed by atoms with Gasteiger partial charge in [0.25, 0.3) is 0 Å². The molecule has 4 heteroatoms. The van der Waals surface area contributed by atoms with Gasteiger partial charge in [-0.1, -0.05) is 6.42 Å². The first kappa shape index (κ1) is 11.9. The minimum absolute atomic E-state index is 0.196. The Balaban J connectivity index is 3.01. The Morgan fingerprint density at radius 2 is 2.07 bits per heavy atom. The number of hydrogen-bond acceptors (Lipinski definition) is 4. The number of hydrogen-bond donors (Lipinski definition) is 0. The Bertz CT molecular complexity index is 295. The second kappa shape index (κ2) is 4.55. The molecule has 0 radical (unpaired) electrons. The zero-order valence-corrected chi connectivity index (χ0v) is 9.17. The first-order valence-electron chi connectivity index (χ1n) is 5.27. The van der Waals surface area contributed by atoms with Crippen molar-refractivity contribution in [3.63, 3.8) is 0 Å². The predicted octanol–water partition coefficient (Wildman–Crippen LogP) is 1.27. The Morgan fingerprint density at radius 3 is 2.53 bits per heavy atom. The lowest BCUT2D eigenvalue weighted by Gasteiger charge is -2.30. The summed E-state index contributed by atoms with van der Waals surface area (Å²) in [7, 11) is 0. The van der Waals surface area contributed by atoms with Gasteiger partial charge in [0.15, 0.2) is 17.0 Å². The van der Waals surface area contributed by atoms with Crippen molar-refractivity contribution in [3.8, 4) is 0 Å². The summed E-state index contributed by atoms with van der Waals surface area (Å²) in [6, 6.07) is 0. The van der Waals surface area contributed by atoms with Crippen LogP contribution in [0.4, 0.5) is 0 Å². The molecule has 0 aromatic rings. The van der Waals surface area contributed by atoms with Gasteiger partial charge in [-0.25, -0.2) is 0 Å². The highest BCUT2D eigenvalue weighted by Gasteiger charge is 2.51. The molecule has 0 unspecified atom stereocenters. The summed E-state index contributed by atoms with van der Waals surface area (Å²) in [5.74, 6) is -1.33. The number of carbonyl (C=O) groups excluding carboxylic acids is 3. The summed E-state index contributed by atoms with van der Waals surface area (Å²) in [6.07, 6.45) is 2.09. The molecule has 0 amide bonds. The van der Waals surface area contributed by atoms with E-state index in [4.69, 9.17) is 4.74 Å². The fourth-order valence-corrected chi connectivity index (χ4v) is 2.01. The summed E-state index contributed by atoms with van der Waals surface area (Å²) in [4.78, 5) is 35.0. The van der Waals surface area contributed by atoms with E-state index < -0.39 is 11.4 Å². The molecule has 4 nitrogen and oxygen atoms in total. The fourth-order valence-electron chi connectivity index (χ4n) is 2.01. The predicted molar refractivity (Wildman–Crippen MR) is 53.2 cm³/mol. The van der Waals surface area contributed by atoms with Gasteiger partial charge in [-0.2, -0.15) is 0 Å². The smallest absolute Gasteiger partial charge is 0.327 e. The molecular weight excluding hydrogens is 196 g/mol. The Kier molecular flexibility index (Phi) is 3.61. The van der Waals surface area contributed by atoms with Crippen molar-refractivity contribution in [3.05, 3.63) is 0 Å². The number of ketones is 2. The third kappa shape index (κ3) is 1.94. The molecule has 0 aromatic heterocycles. The van der Waals surface area contributed by atoms with E-state index in [0.717, 1.165) is 12.8 Å². The van der Waals surface area contributed by atoms with Gasteiger partial charge in [0.1, 0.15) is 0 Å². The highest BCUT2D eigenvalue weighted by molar-refractivity contribution is 6.22. The lowest BCUT2D eigenvalue weighted by molar-refractivity contribution is -0.165. The third-order valence-electron chi connectivity index (χ3n) is 2.91. The standard InChI is InChI=1S/C11H16O4/c1-3-15-10(14)11(8(2)12)7-5-4-6-9(11)13/h3-7H2,1-2H3/t11-/m1/s1. The van der Waals surface area contributed by atoms with Crippen LogP contribution in [0.25, 0.3) is 0 Å². The van der Waals surface area contributed by atoms with Crippen molar-refractivity contribution >= 4 is 17.5 Å². The molecule has 0 aliphatic heterocycles. The maximum absolute atomic E-state index is 11.8. The monoisotopic (exact) mass is 212 g/mol. The maximum atomic E-state index is 11.8. The van der Waals surface area contributed by atoms with Gasteiger partial charge in [0.2, 0.25) is 0 Å². The first-order valence-corrected chi connectivity index (χ1v) is 5.27. The molecule has 0 spiro atoms. The van der Waals surface area contributed by atoms with Crippen molar-refractivity contribution in [2.45, 2.75) is 39.5 Å². The van der Waals surface area contributed by atoms with Crippen LogP contribution in [0.15, 0.2) is 0 Å². The highest BCUT2D eigenvalue weighted by Crippen LogP contribution is 2.35. The van der Waals surface area contributed by atoms with Crippen LogP contribution in [0.2, 0.25) is 0 Å². The van der Waals surface area contributed by atoms with Gasteiger partial charge in [-0.05, 0) is 26.7 Å². The molecule has 0 saturated heterocycles. The summed E-state index contributed by atoms with van der Waals surface area (Å²) in [5.41, 5.74) is -1.49. The molecule has 0 aromatic carbocycles. The van der Waals surface area contributed by atoms with E-state index in [1.165, 1.54) is 6.92 Å². The Morgan fingerprint density at radius 1 is 1.40 bits per heavy atom. The molecule has 0 N–H and O–H groups in total. The van der Waals surface area contributed by atoms with E-state index in [2.05, 4.69) is 0 Å². The molecule has 1 fully saturated rings. The first-order chi connectivity index (χ1) is 7.05. The summed E-state index contributed by atoms with van der Waals surface area (Å²) < 4.78 is 4.84. The number of carbonyl (C=O) groups is 3. The van der Waals surface area contributed by atoms with Crippen LogP contribution in [0.3, 0.4) is 0 Å². The molecular formula is C11H16O4. The molecule has 1 aliphatic rings. The Labute approximate surface area is 89.0 Å². The number of esters is 1. The van der Waals surface area contributed by atoms with E-state index in [0.29, 0.717) is 12.8 Å². The van der Waals surface area contributed by atoms with Gasteiger partial charge in [-0.15, -0.1) is 0 Å². The SMILES string of the molecule is CCOC(=O)[C@@]1(C(C)=O)CCCCC1=O. The third-order valence-corrected chi connectivity index (χ3v) is 2.91. The van der Waals surface area contributed by atoms with Crippen LogP contribution in [0, 0.1) is 5.41 Å². The topological polar surface area (TPSA) is 60.4 Å². The van der Waals surface area contributed by atoms with Crippen LogP contribution < -0.4 is 0 Å². The minimum Gasteiger partial charge on any atom is -0.465 e. The number of rotatable bonds is 3. The number of ether oxygens (including phenoxy) is 1. The highest BCUT2D eigenvalue weighted by atomic mass is 16.5. The summed E-state index contributed by atoms with van der Waals surface area (Å²) in [6.45, 7) is 3.15. The van der Waals surface area contributed by atoms with Crippen LogP contribution in [-0.2, 0) is 19.1 Å².